The molecule has 1 atom stereocenters. The SMILES string of the molecule is CC(C)(C)C(=O)NC1CCc2onc(C(=O)N3CCCC3)c2C1. The molecule has 0 spiro atoms. The van der Waals surface area contributed by atoms with Gasteiger partial charge in [0.05, 0.1) is 0 Å². The summed E-state index contributed by atoms with van der Waals surface area (Å²) in [7, 11) is 0. The fourth-order valence-corrected chi connectivity index (χ4v) is 3.17. The molecule has 1 aromatic rings. The summed E-state index contributed by atoms with van der Waals surface area (Å²) in [5.41, 5.74) is 0.910. The van der Waals surface area contributed by atoms with E-state index < -0.39 is 5.41 Å². The van der Waals surface area contributed by atoms with E-state index in [9.17, 15) is 9.59 Å². The number of nitrogens with one attached hydrogen (secondary N) is 1. The van der Waals surface area contributed by atoms with Gasteiger partial charge in [-0.2, -0.15) is 0 Å². The highest BCUT2D eigenvalue weighted by Crippen LogP contribution is 2.27. The van der Waals surface area contributed by atoms with Gasteiger partial charge in [-0.05, 0) is 25.7 Å². The van der Waals surface area contributed by atoms with E-state index in [1.807, 2.05) is 25.7 Å². The van der Waals surface area contributed by atoms with E-state index in [4.69, 9.17) is 4.52 Å². The molecule has 0 saturated carbocycles. The van der Waals surface area contributed by atoms with Crippen LogP contribution in [0.25, 0.3) is 0 Å². The monoisotopic (exact) mass is 319 g/mol. The molecule has 0 radical (unpaired) electrons. The predicted octanol–water partition coefficient (Wildman–Crippen LogP) is 1.93. The highest BCUT2D eigenvalue weighted by molar-refractivity contribution is 5.94. The van der Waals surface area contributed by atoms with Crippen molar-refractivity contribution >= 4 is 11.8 Å². The van der Waals surface area contributed by atoms with Crippen LogP contribution in [-0.2, 0) is 17.6 Å². The molecule has 1 fully saturated rings. The maximum atomic E-state index is 12.6. The molecule has 2 amide bonds. The van der Waals surface area contributed by atoms with Crippen molar-refractivity contribution in [1.82, 2.24) is 15.4 Å². The second kappa shape index (κ2) is 5.98. The minimum atomic E-state index is -0.414. The maximum Gasteiger partial charge on any atom is 0.276 e. The van der Waals surface area contributed by atoms with Crippen molar-refractivity contribution in [3.05, 3.63) is 17.0 Å². The van der Waals surface area contributed by atoms with E-state index >= 15 is 0 Å². The molecule has 6 heteroatoms. The maximum absolute atomic E-state index is 12.6. The van der Waals surface area contributed by atoms with Crippen LogP contribution in [0.5, 0.6) is 0 Å². The van der Waals surface area contributed by atoms with Gasteiger partial charge in [0, 0.05) is 36.5 Å². The fourth-order valence-electron chi connectivity index (χ4n) is 3.17. The van der Waals surface area contributed by atoms with Gasteiger partial charge in [0.1, 0.15) is 5.76 Å². The van der Waals surface area contributed by atoms with Crippen molar-refractivity contribution in [2.75, 3.05) is 13.1 Å². The number of fused-ring (bicyclic) bond motifs is 1. The molecule has 2 heterocycles. The molecule has 23 heavy (non-hydrogen) atoms. The number of amides is 2. The first-order valence-corrected chi connectivity index (χ1v) is 8.44. The third kappa shape index (κ3) is 3.26. The number of carbonyl (C=O) groups excluding carboxylic acids is 2. The van der Waals surface area contributed by atoms with Crippen LogP contribution >= 0.6 is 0 Å². The molecule has 1 unspecified atom stereocenters. The van der Waals surface area contributed by atoms with Crippen LogP contribution in [0, 0.1) is 5.41 Å². The lowest BCUT2D eigenvalue weighted by Gasteiger charge is -2.27. The fraction of sp³-hybridized carbons (Fsp3) is 0.706. The zero-order valence-corrected chi connectivity index (χ0v) is 14.1. The van der Waals surface area contributed by atoms with Crippen LogP contribution in [0.15, 0.2) is 4.52 Å². The summed E-state index contributed by atoms with van der Waals surface area (Å²) < 4.78 is 5.38. The molecule has 0 aromatic carbocycles. The van der Waals surface area contributed by atoms with Crippen LogP contribution in [0.3, 0.4) is 0 Å². The Kier molecular flexibility index (Phi) is 4.17. The number of likely N-dealkylation sites (tertiary alicyclic amines) is 1. The molecule has 6 nitrogen and oxygen atoms in total. The summed E-state index contributed by atoms with van der Waals surface area (Å²) in [6.07, 6.45) is 4.26. The molecule has 1 aliphatic heterocycles. The Morgan fingerprint density at radius 2 is 1.96 bits per heavy atom. The van der Waals surface area contributed by atoms with Gasteiger partial charge in [-0.1, -0.05) is 25.9 Å². The normalized spacial score (nSPS) is 21.2. The number of aryl methyl sites for hydroxylation is 1. The topological polar surface area (TPSA) is 75.4 Å². The zero-order chi connectivity index (χ0) is 16.6. The molecule has 1 N–H and O–H groups in total. The van der Waals surface area contributed by atoms with E-state index in [0.717, 1.165) is 43.7 Å². The van der Waals surface area contributed by atoms with Gasteiger partial charge in [0.25, 0.3) is 5.91 Å². The van der Waals surface area contributed by atoms with Crippen LogP contribution in [-0.4, -0.2) is 41.0 Å². The summed E-state index contributed by atoms with van der Waals surface area (Å²) in [5.74, 6) is 0.805. The first-order chi connectivity index (χ1) is 10.9. The number of rotatable bonds is 2. The first kappa shape index (κ1) is 16.0. The van der Waals surface area contributed by atoms with Gasteiger partial charge in [0.15, 0.2) is 5.69 Å². The molecule has 3 rings (SSSR count). The lowest BCUT2D eigenvalue weighted by Crippen LogP contribution is -2.44. The van der Waals surface area contributed by atoms with Gasteiger partial charge in [-0.25, -0.2) is 0 Å². The van der Waals surface area contributed by atoms with Crippen LogP contribution in [0.2, 0.25) is 0 Å². The van der Waals surface area contributed by atoms with E-state index in [-0.39, 0.29) is 17.9 Å². The number of carbonyl (C=O) groups is 2. The average Bonchev–Trinajstić information content (AvgIpc) is 3.15. The van der Waals surface area contributed by atoms with Gasteiger partial charge in [-0.3, -0.25) is 9.59 Å². The third-order valence-electron chi connectivity index (χ3n) is 4.65. The van der Waals surface area contributed by atoms with Crippen molar-refractivity contribution in [2.24, 2.45) is 5.41 Å². The van der Waals surface area contributed by atoms with E-state index in [0.29, 0.717) is 18.5 Å². The first-order valence-electron chi connectivity index (χ1n) is 8.44. The standard InChI is InChI=1S/C17H25N3O3/c1-17(2,3)16(22)18-11-6-7-13-12(10-11)14(19-23-13)15(21)20-8-4-5-9-20/h11H,4-10H2,1-3H3,(H,18,22). The minimum Gasteiger partial charge on any atom is -0.360 e. The lowest BCUT2D eigenvalue weighted by atomic mass is 9.89. The Hall–Kier alpha value is -1.85. The second-order valence-electron chi connectivity index (χ2n) is 7.60. The molecule has 1 saturated heterocycles. The Morgan fingerprint density at radius 3 is 2.61 bits per heavy atom. The molecular weight excluding hydrogens is 294 g/mol. The quantitative estimate of drug-likeness (QED) is 0.904. The molecule has 2 aliphatic rings. The van der Waals surface area contributed by atoms with Gasteiger partial charge in [0.2, 0.25) is 5.91 Å². The Balaban J connectivity index is 1.73. The predicted molar refractivity (Wildman–Crippen MR) is 85.1 cm³/mol. The number of nitrogens with zero attached hydrogens (tertiary/aromatic N) is 2. The van der Waals surface area contributed by atoms with Gasteiger partial charge < -0.3 is 14.7 Å². The summed E-state index contributed by atoms with van der Waals surface area (Å²) in [6.45, 7) is 7.30. The molecular formula is C17H25N3O3. The van der Waals surface area contributed by atoms with E-state index in [2.05, 4.69) is 10.5 Å². The highest BCUT2D eigenvalue weighted by Gasteiger charge is 2.33. The molecule has 126 valence electrons. The third-order valence-corrected chi connectivity index (χ3v) is 4.65. The van der Waals surface area contributed by atoms with Crippen molar-refractivity contribution < 1.29 is 14.1 Å². The van der Waals surface area contributed by atoms with Gasteiger partial charge >= 0.3 is 0 Å². The Labute approximate surface area is 136 Å². The van der Waals surface area contributed by atoms with Crippen LogP contribution in [0.1, 0.15) is 61.8 Å². The Morgan fingerprint density at radius 1 is 1.26 bits per heavy atom. The van der Waals surface area contributed by atoms with Crippen molar-refractivity contribution in [3.63, 3.8) is 0 Å². The van der Waals surface area contributed by atoms with Crippen LogP contribution in [0.4, 0.5) is 0 Å². The van der Waals surface area contributed by atoms with E-state index in [1.165, 1.54) is 0 Å². The molecule has 1 aliphatic carbocycles. The largest absolute Gasteiger partial charge is 0.360 e. The number of aromatic nitrogens is 1. The molecule has 1 aromatic heterocycles. The second-order valence-corrected chi connectivity index (χ2v) is 7.60. The van der Waals surface area contributed by atoms with Crippen molar-refractivity contribution in [3.8, 4) is 0 Å². The summed E-state index contributed by atoms with van der Waals surface area (Å²) in [5, 5.41) is 7.12. The van der Waals surface area contributed by atoms with Crippen LogP contribution < -0.4 is 5.32 Å². The summed E-state index contributed by atoms with van der Waals surface area (Å²) in [4.78, 5) is 26.6. The zero-order valence-electron chi connectivity index (χ0n) is 14.1. The van der Waals surface area contributed by atoms with Crippen molar-refractivity contribution in [2.45, 2.75) is 58.9 Å². The summed E-state index contributed by atoms with van der Waals surface area (Å²) in [6, 6.07) is 0.0405. The molecule has 0 bridgehead atoms. The number of hydrogen-bond acceptors (Lipinski definition) is 4. The lowest BCUT2D eigenvalue weighted by molar-refractivity contribution is -0.129. The number of hydrogen-bond donors (Lipinski definition) is 1. The van der Waals surface area contributed by atoms with E-state index in [1.54, 1.807) is 0 Å². The Bertz CT molecular complexity index is 609. The average molecular weight is 319 g/mol. The smallest absolute Gasteiger partial charge is 0.276 e. The summed E-state index contributed by atoms with van der Waals surface area (Å²) >= 11 is 0. The minimum absolute atomic E-state index is 0.0321. The highest BCUT2D eigenvalue weighted by atomic mass is 16.5. The van der Waals surface area contributed by atoms with Crippen molar-refractivity contribution in [1.29, 1.82) is 0 Å². The van der Waals surface area contributed by atoms with Gasteiger partial charge in [-0.15, -0.1) is 0 Å².